The molecule has 0 spiro atoms. The van der Waals surface area contributed by atoms with Crippen molar-refractivity contribution >= 4 is 34.7 Å². The highest BCUT2D eigenvalue weighted by Crippen LogP contribution is 2.48. The number of benzene rings is 2. The van der Waals surface area contributed by atoms with Gasteiger partial charge in [-0.1, -0.05) is 45.9 Å². The van der Waals surface area contributed by atoms with Crippen LogP contribution in [0.2, 0.25) is 0 Å². The van der Waals surface area contributed by atoms with Gasteiger partial charge < -0.3 is 5.73 Å². The molecule has 1 heterocycles. The Labute approximate surface area is 182 Å². The van der Waals surface area contributed by atoms with Gasteiger partial charge in [-0.15, -0.1) is 0 Å². The number of hydrogen-bond acceptors (Lipinski definition) is 4. The second-order valence-electron chi connectivity index (χ2n) is 9.68. The van der Waals surface area contributed by atoms with Crippen molar-refractivity contribution in [2.45, 2.75) is 58.3 Å². The Morgan fingerprint density at radius 3 is 2.17 bits per heavy atom. The van der Waals surface area contributed by atoms with E-state index < -0.39 is 0 Å². The number of nitrogens with two attached hydrogens (primary N) is 1. The lowest BCUT2D eigenvalue weighted by atomic mass is 9.62. The van der Waals surface area contributed by atoms with E-state index in [0.717, 1.165) is 34.9 Å². The van der Waals surface area contributed by atoms with Crippen LogP contribution in [0.5, 0.6) is 0 Å². The summed E-state index contributed by atoms with van der Waals surface area (Å²) < 4.78 is 0. The van der Waals surface area contributed by atoms with Crippen molar-refractivity contribution < 1.29 is 9.59 Å². The first kappa shape index (κ1) is 20.7. The number of thioether (sulfide) groups is 1. The van der Waals surface area contributed by atoms with Gasteiger partial charge in [0.1, 0.15) is 0 Å². The average molecular weight is 421 g/mol. The van der Waals surface area contributed by atoms with E-state index in [0.29, 0.717) is 10.6 Å². The van der Waals surface area contributed by atoms with Crippen LogP contribution >= 0.6 is 11.8 Å². The molecule has 0 saturated carbocycles. The van der Waals surface area contributed by atoms with E-state index in [-0.39, 0.29) is 22.0 Å². The van der Waals surface area contributed by atoms with Gasteiger partial charge in [0, 0.05) is 11.3 Å². The lowest BCUT2D eigenvalue weighted by Gasteiger charge is -2.42. The van der Waals surface area contributed by atoms with Gasteiger partial charge in [0.2, 0.25) is 0 Å². The summed E-state index contributed by atoms with van der Waals surface area (Å²) in [6.07, 6.45) is 4.05. The standard InChI is InChI=1S/C25H28N2O2S/c1-14-10-18-19(25(4,5)9-8-24(18,2)3)13-17(14)16-7-6-15(11-20(16)26)12-21-22(28)27-23(29)30-21/h6-7,10-13H,8-9,26H2,1-5H3,(H,27,28,29). The number of carbonyl (C=O) groups is 2. The SMILES string of the molecule is Cc1cc2c(cc1-c1ccc(C=C3SC(=O)NC3=O)cc1N)C(C)(C)CCC2(C)C. The van der Waals surface area contributed by atoms with E-state index in [1.54, 1.807) is 6.08 Å². The maximum atomic E-state index is 11.8. The lowest BCUT2D eigenvalue weighted by Crippen LogP contribution is -2.34. The van der Waals surface area contributed by atoms with Gasteiger partial charge >= 0.3 is 0 Å². The number of carbonyl (C=O) groups excluding carboxylic acids is 2. The Kier molecular flexibility index (Phi) is 4.85. The van der Waals surface area contributed by atoms with E-state index in [1.807, 2.05) is 18.2 Å². The molecule has 0 atom stereocenters. The van der Waals surface area contributed by atoms with E-state index in [9.17, 15) is 9.59 Å². The van der Waals surface area contributed by atoms with Gasteiger partial charge in [-0.2, -0.15) is 0 Å². The van der Waals surface area contributed by atoms with E-state index in [1.165, 1.54) is 23.1 Å². The molecule has 0 aromatic heterocycles. The minimum atomic E-state index is -0.358. The number of anilines is 1. The van der Waals surface area contributed by atoms with Crippen molar-refractivity contribution in [3.05, 3.63) is 57.5 Å². The van der Waals surface area contributed by atoms with Crippen molar-refractivity contribution in [1.29, 1.82) is 0 Å². The maximum absolute atomic E-state index is 11.8. The molecule has 1 fully saturated rings. The fraction of sp³-hybridized carbons (Fsp3) is 0.360. The molecular formula is C25H28N2O2S. The number of imide groups is 1. The van der Waals surface area contributed by atoms with Crippen LogP contribution in [0.4, 0.5) is 10.5 Å². The summed E-state index contributed by atoms with van der Waals surface area (Å²) in [6, 6.07) is 10.5. The smallest absolute Gasteiger partial charge is 0.290 e. The van der Waals surface area contributed by atoms with Crippen LogP contribution in [0.15, 0.2) is 35.2 Å². The van der Waals surface area contributed by atoms with Crippen molar-refractivity contribution in [3.8, 4) is 11.1 Å². The van der Waals surface area contributed by atoms with Crippen molar-refractivity contribution in [2.24, 2.45) is 0 Å². The fourth-order valence-corrected chi connectivity index (χ4v) is 5.18. The van der Waals surface area contributed by atoms with E-state index >= 15 is 0 Å². The molecule has 1 saturated heterocycles. The molecule has 4 rings (SSSR count). The highest BCUT2D eigenvalue weighted by molar-refractivity contribution is 8.18. The van der Waals surface area contributed by atoms with Gasteiger partial charge in [-0.25, -0.2) is 0 Å². The van der Waals surface area contributed by atoms with Crippen LogP contribution in [-0.4, -0.2) is 11.1 Å². The fourth-order valence-electron chi connectivity index (χ4n) is 4.50. The molecule has 2 aromatic rings. The largest absolute Gasteiger partial charge is 0.398 e. The monoisotopic (exact) mass is 420 g/mol. The van der Waals surface area contributed by atoms with Crippen LogP contribution in [0.25, 0.3) is 17.2 Å². The quantitative estimate of drug-likeness (QED) is 0.467. The molecule has 0 unspecified atom stereocenters. The van der Waals surface area contributed by atoms with Crippen LogP contribution in [-0.2, 0) is 15.6 Å². The molecule has 2 aromatic carbocycles. The van der Waals surface area contributed by atoms with Crippen LogP contribution in [0.3, 0.4) is 0 Å². The Morgan fingerprint density at radius 1 is 0.967 bits per heavy atom. The summed E-state index contributed by atoms with van der Waals surface area (Å²) >= 11 is 0.913. The van der Waals surface area contributed by atoms with Crippen molar-refractivity contribution in [1.82, 2.24) is 5.32 Å². The van der Waals surface area contributed by atoms with Gasteiger partial charge in [0.05, 0.1) is 4.91 Å². The molecule has 5 heteroatoms. The zero-order valence-electron chi connectivity index (χ0n) is 18.2. The third-order valence-electron chi connectivity index (χ3n) is 6.50. The highest BCUT2D eigenvalue weighted by Gasteiger charge is 2.37. The number of fused-ring (bicyclic) bond motifs is 1. The molecule has 2 aliphatic rings. The number of nitrogen functional groups attached to an aromatic ring is 1. The Hall–Kier alpha value is -2.53. The minimum Gasteiger partial charge on any atom is -0.398 e. The summed E-state index contributed by atoms with van der Waals surface area (Å²) in [5, 5.41) is 1.93. The summed E-state index contributed by atoms with van der Waals surface area (Å²) in [6.45, 7) is 11.5. The molecular weight excluding hydrogens is 392 g/mol. The Balaban J connectivity index is 1.77. The number of aryl methyl sites for hydroxylation is 1. The van der Waals surface area contributed by atoms with Gasteiger partial charge in [-0.05, 0) is 88.4 Å². The van der Waals surface area contributed by atoms with Crippen LogP contribution in [0, 0.1) is 6.92 Å². The first-order chi connectivity index (χ1) is 14.0. The molecule has 3 N–H and O–H groups in total. The topological polar surface area (TPSA) is 72.2 Å². The summed E-state index contributed by atoms with van der Waals surface area (Å²) in [5.74, 6) is -0.358. The minimum absolute atomic E-state index is 0.131. The number of nitrogens with one attached hydrogen (secondary N) is 1. The lowest BCUT2D eigenvalue weighted by molar-refractivity contribution is -0.115. The van der Waals surface area contributed by atoms with Crippen LogP contribution < -0.4 is 11.1 Å². The normalized spacial score (nSPS) is 20.9. The van der Waals surface area contributed by atoms with Gasteiger partial charge in [0.25, 0.3) is 11.1 Å². The predicted molar refractivity (Wildman–Crippen MR) is 125 cm³/mol. The van der Waals surface area contributed by atoms with Crippen molar-refractivity contribution in [3.63, 3.8) is 0 Å². The van der Waals surface area contributed by atoms with Gasteiger partial charge in [-0.3, -0.25) is 14.9 Å². The molecule has 2 amide bonds. The Bertz CT molecular complexity index is 1110. The first-order valence-electron chi connectivity index (χ1n) is 10.3. The second kappa shape index (κ2) is 7.02. The van der Waals surface area contributed by atoms with E-state index in [2.05, 4.69) is 52.1 Å². The Morgan fingerprint density at radius 2 is 1.60 bits per heavy atom. The maximum Gasteiger partial charge on any atom is 0.290 e. The molecule has 1 aliphatic heterocycles. The second-order valence-corrected chi connectivity index (χ2v) is 10.7. The van der Waals surface area contributed by atoms with Crippen molar-refractivity contribution in [2.75, 3.05) is 5.73 Å². The molecule has 4 nitrogen and oxygen atoms in total. The third kappa shape index (κ3) is 3.56. The molecule has 1 aliphatic carbocycles. The number of rotatable bonds is 2. The van der Waals surface area contributed by atoms with Gasteiger partial charge in [0.15, 0.2) is 0 Å². The van der Waals surface area contributed by atoms with E-state index in [4.69, 9.17) is 5.73 Å². The number of amides is 2. The highest BCUT2D eigenvalue weighted by atomic mass is 32.2. The number of hydrogen-bond donors (Lipinski definition) is 2. The summed E-state index contributed by atoms with van der Waals surface area (Å²) in [4.78, 5) is 23.6. The summed E-state index contributed by atoms with van der Waals surface area (Å²) in [7, 11) is 0. The predicted octanol–water partition coefficient (Wildman–Crippen LogP) is 5.92. The molecule has 156 valence electrons. The summed E-state index contributed by atoms with van der Waals surface area (Å²) in [5.41, 5.74) is 14.4. The molecule has 30 heavy (non-hydrogen) atoms. The molecule has 0 radical (unpaired) electrons. The third-order valence-corrected chi connectivity index (χ3v) is 7.31. The first-order valence-corrected chi connectivity index (χ1v) is 11.1. The van der Waals surface area contributed by atoms with Crippen LogP contribution in [0.1, 0.15) is 62.8 Å². The zero-order chi connectivity index (χ0) is 21.8. The average Bonchev–Trinajstić information content (AvgIpc) is 2.96. The zero-order valence-corrected chi connectivity index (χ0v) is 19.0. The molecule has 0 bridgehead atoms.